The van der Waals surface area contributed by atoms with Crippen molar-refractivity contribution < 1.29 is 17.9 Å². The van der Waals surface area contributed by atoms with Gasteiger partial charge in [0.1, 0.15) is 5.75 Å². The highest BCUT2D eigenvalue weighted by Gasteiger charge is 2.31. The van der Waals surface area contributed by atoms with Crippen molar-refractivity contribution >= 4 is 0 Å². The molecule has 3 rings (SSSR count). The van der Waals surface area contributed by atoms with Crippen LogP contribution in [0.1, 0.15) is 83.6 Å². The number of benzene rings is 1. The predicted molar refractivity (Wildman–Crippen MR) is 120 cm³/mol. The molecular weight excluding hydrogens is 399 g/mol. The minimum Gasteiger partial charge on any atom is -0.493 e. The molecule has 0 amide bonds. The van der Waals surface area contributed by atoms with Crippen LogP contribution in [0.5, 0.6) is 5.75 Å². The first kappa shape index (κ1) is 24.4. The summed E-state index contributed by atoms with van der Waals surface area (Å²) in [6.07, 6.45) is 9.31. The summed E-state index contributed by atoms with van der Waals surface area (Å²) >= 11 is 0. The highest BCUT2D eigenvalue weighted by molar-refractivity contribution is 5.28. The Kier molecular flexibility index (Phi) is 8.72. The second-order valence-electron chi connectivity index (χ2n) is 10.7. The second-order valence-corrected chi connectivity index (χ2v) is 10.7. The van der Waals surface area contributed by atoms with Gasteiger partial charge in [-0.2, -0.15) is 13.2 Å². The average molecular weight is 440 g/mol. The summed E-state index contributed by atoms with van der Waals surface area (Å²) in [7, 11) is 0. The first-order valence-electron chi connectivity index (χ1n) is 12.2. The van der Waals surface area contributed by atoms with E-state index in [1.54, 1.807) is 0 Å². The number of halogens is 3. The summed E-state index contributed by atoms with van der Waals surface area (Å²) in [6, 6.07) is 5.06. The highest BCUT2D eigenvalue weighted by Crippen LogP contribution is 2.32. The van der Waals surface area contributed by atoms with E-state index < -0.39 is 11.7 Å². The molecule has 0 heterocycles. The van der Waals surface area contributed by atoms with E-state index in [1.807, 2.05) is 0 Å². The van der Waals surface area contributed by atoms with Gasteiger partial charge in [-0.25, -0.2) is 0 Å². The van der Waals surface area contributed by atoms with Gasteiger partial charge in [-0.3, -0.25) is 0 Å². The van der Waals surface area contributed by atoms with Crippen LogP contribution in [0, 0.1) is 17.3 Å². The van der Waals surface area contributed by atoms with Gasteiger partial charge in [-0.15, -0.1) is 0 Å². The fourth-order valence-electron chi connectivity index (χ4n) is 5.34. The summed E-state index contributed by atoms with van der Waals surface area (Å²) in [5.74, 6) is 2.13. The number of rotatable bonds is 9. The molecule has 1 aromatic rings. The van der Waals surface area contributed by atoms with Crippen LogP contribution >= 0.6 is 0 Å². The van der Waals surface area contributed by atoms with Gasteiger partial charge in [-0.05, 0) is 61.8 Å². The predicted octanol–water partition coefficient (Wildman–Crippen LogP) is 7.57. The molecule has 0 saturated heterocycles. The molecule has 0 spiro atoms. The van der Waals surface area contributed by atoms with E-state index in [-0.39, 0.29) is 5.41 Å². The second kappa shape index (κ2) is 11.1. The topological polar surface area (TPSA) is 12.5 Å². The van der Waals surface area contributed by atoms with Crippen LogP contribution in [0.15, 0.2) is 24.3 Å². The van der Waals surface area contributed by atoms with Crippen molar-refractivity contribution in [1.29, 1.82) is 0 Å². The Balaban J connectivity index is 1.56. The van der Waals surface area contributed by atoms with Crippen molar-refractivity contribution in [3.8, 4) is 5.75 Å². The van der Waals surface area contributed by atoms with Gasteiger partial charge in [0.2, 0.25) is 0 Å². The summed E-state index contributed by atoms with van der Waals surface area (Å²) in [5.41, 5.74) is -0.697. The van der Waals surface area contributed by atoms with Crippen LogP contribution in [0.4, 0.5) is 13.2 Å². The van der Waals surface area contributed by atoms with E-state index in [9.17, 15) is 13.2 Å². The van der Waals surface area contributed by atoms with E-state index >= 15 is 0 Å². The molecule has 0 N–H and O–H groups in total. The average Bonchev–Trinajstić information content (AvgIpc) is 2.73. The Hall–Kier alpha value is -1.23. The van der Waals surface area contributed by atoms with Crippen molar-refractivity contribution in [3.05, 3.63) is 29.8 Å². The number of nitrogens with zero attached hydrogens (tertiary/aromatic N) is 1. The van der Waals surface area contributed by atoms with E-state index in [4.69, 9.17) is 4.74 Å². The highest BCUT2D eigenvalue weighted by atomic mass is 19.4. The number of alkyl halides is 3. The first-order chi connectivity index (χ1) is 14.7. The number of ether oxygens (including phenoxy) is 1. The van der Waals surface area contributed by atoms with Crippen LogP contribution in [0.2, 0.25) is 0 Å². The van der Waals surface area contributed by atoms with Crippen LogP contribution < -0.4 is 4.74 Å². The Bertz CT molecular complexity index is 624. The third kappa shape index (κ3) is 8.32. The third-order valence-electron chi connectivity index (χ3n) is 6.95. The molecule has 0 unspecified atom stereocenters. The molecule has 1 aromatic carbocycles. The maximum Gasteiger partial charge on any atom is 0.416 e. The van der Waals surface area contributed by atoms with E-state index in [0.717, 1.165) is 30.5 Å². The fraction of sp³-hybridized carbons (Fsp3) is 0.769. The monoisotopic (exact) mass is 439 g/mol. The van der Waals surface area contributed by atoms with Crippen LogP contribution in [-0.2, 0) is 6.18 Å². The van der Waals surface area contributed by atoms with Crippen molar-refractivity contribution in [3.63, 3.8) is 0 Å². The molecule has 2 saturated carbocycles. The molecular formula is C26H40F3NO. The quantitative estimate of drug-likeness (QED) is 0.393. The molecule has 2 nitrogen and oxygen atoms in total. The van der Waals surface area contributed by atoms with E-state index in [1.165, 1.54) is 89.4 Å². The molecule has 2 aliphatic rings. The molecule has 2 aliphatic carbocycles. The zero-order valence-corrected chi connectivity index (χ0v) is 19.4. The lowest BCUT2D eigenvalue weighted by atomic mass is 9.85. The fourth-order valence-corrected chi connectivity index (χ4v) is 5.34. The molecule has 0 aliphatic heterocycles. The summed E-state index contributed by atoms with van der Waals surface area (Å²) in [6.45, 7) is 8.27. The van der Waals surface area contributed by atoms with Gasteiger partial charge >= 0.3 is 6.18 Å². The molecule has 0 bridgehead atoms. The van der Waals surface area contributed by atoms with Gasteiger partial charge < -0.3 is 9.64 Å². The van der Waals surface area contributed by atoms with Crippen molar-refractivity contribution in [2.75, 3.05) is 26.2 Å². The summed E-state index contributed by atoms with van der Waals surface area (Å²) in [5, 5.41) is 0. The van der Waals surface area contributed by atoms with Crippen molar-refractivity contribution in [2.45, 2.75) is 84.2 Å². The maximum absolute atomic E-state index is 12.8. The lowest BCUT2D eigenvalue weighted by molar-refractivity contribution is -0.137. The zero-order valence-electron chi connectivity index (χ0n) is 19.4. The van der Waals surface area contributed by atoms with Gasteiger partial charge in [-0.1, -0.05) is 52.4 Å². The standard InChI is InChI=1S/C26H40F3NO/c1-25(2,20-31-24-15-13-23(14-16-24)26(27,28)29)19-30(17-21-9-5-3-6-10-21)18-22-11-7-4-8-12-22/h13-16,21-22H,3-12,17-20H2,1-2H3. The zero-order chi connectivity index (χ0) is 22.3. The van der Waals surface area contributed by atoms with Crippen molar-refractivity contribution in [1.82, 2.24) is 4.90 Å². The molecule has 0 aromatic heterocycles. The summed E-state index contributed by atoms with van der Waals surface area (Å²) in [4.78, 5) is 2.68. The largest absolute Gasteiger partial charge is 0.493 e. The van der Waals surface area contributed by atoms with Crippen LogP contribution in [0.3, 0.4) is 0 Å². The molecule has 0 atom stereocenters. The van der Waals surface area contributed by atoms with Gasteiger partial charge in [0.25, 0.3) is 0 Å². The lowest BCUT2D eigenvalue weighted by Crippen LogP contribution is -2.43. The lowest BCUT2D eigenvalue weighted by Gasteiger charge is -2.38. The first-order valence-corrected chi connectivity index (χ1v) is 12.2. The van der Waals surface area contributed by atoms with Gasteiger partial charge in [0.15, 0.2) is 0 Å². The molecule has 176 valence electrons. The summed E-state index contributed by atoms with van der Waals surface area (Å²) < 4.78 is 44.3. The maximum atomic E-state index is 12.8. The number of hydrogen-bond acceptors (Lipinski definition) is 2. The van der Waals surface area contributed by atoms with E-state index in [0.29, 0.717) is 12.4 Å². The Labute approximate surface area is 186 Å². The Morgan fingerprint density at radius 1 is 0.806 bits per heavy atom. The van der Waals surface area contributed by atoms with Crippen LogP contribution in [-0.4, -0.2) is 31.1 Å². The van der Waals surface area contributed by atoms with Gasteiger partial charge in [0.05, 0.1) is 12.2 Å². The minimum atomic E-state index is -4.31. The van der Waals surface area contributed by atoms with Gasteiger partial charge in [0, 0.05) is 25.0 Å². The minimum absolute atomic E-state index is 0.0635. The van der Waals surface area contributed by atoms with Crippen LogP contribution in [0.25, 0.3) is 0 Å². The molecule has 0 radical (unpaired) electrons. The third-order valence-corrected chi connectivity index (χ3v) is 6.95. The molecule has 5 heteroatoms. The smallest absolute Gasteiger partial charge is 0.416 e. The molecule has 2 fully saturated rings. The molecule has 31 heavy (non-hydrogen) atoms. The van der Waals surface area contributed by atoms with E-state index in [2.05, 4.69) is 18.7 Å². The SMILES string of the molecule is CC(C)(COc1ccc(C(F)(F)F)cc1)CN(CC1CCCCC1)CC1CCCCC1. The number of hydrogen-bond donors (Lipinski definition) is 0. The Morgan fingerprint density at radius 2 is 1.29 bits per heavy atom. The Morgan fingerprint density at radius 3 is 1.74 bits per heavy atom. The normalized spacial score (nSPS) is 19.7. The van der Waals surface area contributed by atoms with Crippen molar-refractivity contribution in [2.24, 2.45) is 17.3 Å².